The van der Waals surface area contributed by atoms with Gasteiger partial charge < -0.3 is 24.8 Å². The first kappa shape index (κ1) is 15.4. The molecule has 5 nitrogen and oxygen atoms in total. The summed E-state index contributed by atoms with van der Waals surface area (Å²) in [4.78, 5) is 3.28. The molecule has 23 heavy (non-hydrogen) atoms. The highest BCUT2D eigenvalue weighted by atomic mass is 32.1. The van der Waals surface area contributed by atoms with Gasteiger partial charge in [-0.1, -0.05) is 0 Å². The van der Waals surface area contributed by atoms with E-state index in [1.54, 1.807) is 13.4 Å². The van der Waals surface area contributed by atoms with E-state index in [0.29, 0.717) is 11.7 Å². The largest absolute Gasteiger partial charge is 0.497 e. The van der Waals surface area contributed by atoms with Crippen LogP contribution in [0.3, 0.4) is 0 Å². The van der Waals surface area contributed by atoms with Crippen LogP contribution in [0.1, 0.15) is 11.3 Å². The lowest BCUT2D eigenvalue weighted by atomic mass is 10.1. The number of fused-ring (bicyclic) bond motifs is 1. The summed E-state index contributed by atoms with van der Waals surface area (Å²) in [6.07, 6.45) is 4.57. The highest BCUT2D eigenvalue weighted by molar-refractivity contribution is 7.80. The molecule has 0 aliphatic heterocycles. The minimum Gasteiger partial charge on any atom is -0.497 e. The maximum atomic E-state index is 5.26. The van der Waals surface area contributed by atoms with Gasteiger partial charge in [-0.2, -0.15) is 0 Å². The molecule has 120 valence electrons. The molecule has 3 N–H and O–H groups in total. The van der Waals surface area contributed by atoms with Gasteiger partial charge >= 0.3 is 0 Å². The predicted molar refractivity (Wildman–Crippen MR) is 94.7 cm³/mol. The van der Waals surface area contributed by atoms with Crippen LogP contribution in [0.2, 0.25) is 0 Å². The number of hydrogen-bond donors (Lipinski definition) is 3. The molecule has 0 atom stereocenters. The van der Waals surface area contributed by atoms with Crippen LogP contribution >= 0.6 is 12.2 Å². The molecular weight excluding hydrogens is 310 g/mol. The van der Waals surface area contributed by atoms with Gasteiger partial charge in [-0.15, -0.1) is 0 Å². The number of aromatic nitrogens is 1. The second-order valence-corrected chi connectivity index (χ2v) is 5.57. The van der Waals surface area contributed by atoms with E-state index in [9.17, 15) is 0 Å². The number of nitrogens with one attached hydrogen (secondary N) is 3. The van der Waals surface area contributed by atoms with Crippen molar-refractivity contribution in [2.45, 2.75) is 13.0 Å². The van der Waals surface area contributed by atoms with E-state index in [1.165, 1.54) is 10.9 Å². The van der Waals surface area contributed by atoms with Crippen molar-refractivity contribution in [3.63, 3.8) is 0 Å². The molecule has 6 heteroatoms. The molecule has 0 aliphatic carbocycles. The molecule has 0 fully saturated rings. The minimum absolute atomic E-state index is 0.589. The van der Waals surface area contributed by atoms with E-state index < -0.39 is 0 Å². The number of ether oxygens (including phenoxy) is 1. The first-order valence-corrected chi connectivity index (χ1v) is 7.85. The van der Waals surface area contributed by atoms with Gasteiger partial charge in [0, 0.05) is 29.7 Å². The maximum Gasteiger partial charge on any atom is 0.166 e. The molecule has 0 unspecified atom stereocenters. The van der Waals surface area contributed by atoms with E-state index in [4.69, 9.17) is 21.4 Å². The van der Waals surface area contributed by atoms with Gasteiger partial charge in [-0.05, 0) is 48.5 Å². The van der Waals surface area contributed by atoms with E-state index in [2.05, 4.69) is 21.7 Å². The molecule has 0 aliphatic rings. The van der Waals surface area contributed by atoms with Gasteiger partial charge in [0.25, 0.3) is 0 Å². The predicted octanol–water partition coefficient (Wildman–Crippen LogP) is 2.98. The Balaban J connectivity index is 1.49. The summed E-state index contributed by atoms with van der Waals surface area (Å²) >= 11 is 5.26. The molecule has 0 spiro atoms. The molecule has 2 aromatic heterocycles. The topological polar surface area (TPSA) is 62.2 Å². The zero-order valence-electron chi connectivity index (χ0n) is 12.9. The van der Waals surface area contributed by atoms with Crippen molar-refractivity contribution in [2.75, 3.05) is 13.7 Å². The molecule has 2 heterocycles. The lowest BCUT2D eigenvalue weighted by Crippen LogP contribution is -2.35. The summed E-state index contributed by atoms with van der Waals surface area (Å²) in [6, 6.07) is 9.83. The fraction of sp³-hybridized carbons (Fsp3) is 0.235. The standard InChI is InChI=1S/C17H19N3O2S/c1-21-13-4-5-15-12(10-19-16(15)9-13)6-7-18-17(23)20-11-14-3-2-8-22-14/h2-5,8-10,19H,6-7,11H2,1H3,(H2,18,20,23). The number of furan rings is 1. The number of rotatable bonds is 6. The third-order valence-corrected chi connectivity index (χ3v) is 3.95. The third kappa shape index (κ3) is 3.84. The number of hydrogen-bond acceptors (Lipinski definition) is 3. The highest BCUT2D eigenvalue weighted by Crippen LogP contribution is 2.23. The summed E-state index contributed by atoms with van der Waals surface area (Å²) in [5.74, 6) is 1.71. The van der Waals surface area contributed by atoms with Crippen LogP contribution in [0.15, 0.2) is 47.2 Å². The Morgan fingerprint density at radius 1 is 1.30 bits per heavy atom. The van der Waals surface area contributed by atoms with Crippen LogP contribution in [-0.2, 0) is 13.0 Å². The second-order valence-electron chi connectivity index (χ2n) is 5.16. The van der Waals surface area contributed by atoms with E-state index in [-0.39, 0.29) is 0 Å². The molecule has 0 bridgehead atoms. The Hall–Kier alpha value is -2.47. The Morgan fingerprint density at radius 2 is 2.22 bits per heavy atom. The number of aromatic amines is 1. The fourth-order valence-electron chi connectivity index (χ4n) is 2.45. The van der Waals surface area contributed by atoms with Crippen molar-refractivity contribution in [1.82, 2.24) is 15.6 Å². The Labute approximate surface area is 140 Å². The summed E-state index contributed by atoms with van der Waals surface area (Å²) in [7, 11) is 1.67. The highest BCUT2D eigenvalue weighted by Gasteiger charge is 2.05. The quantitative estimate of drug-likeness (QED) is 0.607. The van der Waals surface area contributed by atoms with Gasteiger partial charge in [-0.25, -0.2) is 0 Å². The summed E-state index contributed by atoms with van der Waals surface area (Å²) in [5.41, 5.74) is 2.34. The Morgan fingerprint density at radius 3 is 3.00 bits per heavy atom. The van der Waals surface area contributed by atoms with Crippen LogP contribution in [0.25, 0.3) is 10.9 Å². The first-order chi connectivity index (χ1) is 11.3. The van der Waals surface area contributed by atoms with Crippen molar-refractivity contribution in [3.8, 4) is 5.75 Å². The van der Waals surface area contributed by atoms with Crippen LogP contribution in [-0.4, -0.2) is 23.8 Å². The normalized spacial score (nSPS) is 10.7. The molecular formula is C17H19N3O2S. The van der Waals surface area contributed by atoms with Crippen molar-refractivity contribution < 1.29 is 9.15 Å². The number of methoxy groups -OCH3 is 1. The van der Waals surface area contributed by atoms with E-state index >= 15 is 0 Å². The molecule has 0 amide bonds. The van der Waals surface area contributed by atoms with Gasteiger partial charge in [-0.3, -0.25) is 0 Å². The molecule has 1 aromatic carbocycles. The Bertz CT molecular complexity index is 780. The molecule has 0 saturated carbocycles. The maximum absolute atomic E-state index is 5.26. The number of H-pyrrole nitrogens is 1. The van der Waals surface area contributed by atoms with Crippen LogP contribution in [0.4, 0.5) is 0 Å². The van der Waals surface area contributed by atoms with Crippen molar-refractivity contribution in [3.05, 3.63) is 54.1 Å². The van der Waals surface area contributed by atoms with Gasteiger partial charge in [0.05, 0.1) is 19.9 Å². The fourth-order valence-corrected chi connectivity index (χ4v) is 2.63. The summed E-state index contributed by atoms with van der Waals surface area (Å²) in [5, 5.41) is 8.17. The minimum atomic E-state index is 0.589. The lowest BCUT2D eigenvalue weighted by Gasteiger charge is -2.09. The van der Waals surface area contributed by atoms with Crippen molar-refractivity contribution in [2.24, 2.45) is 0 Å². The smallest absolute Gasteiger partial charge is 0.166 e. The first-order valence-electron chi connectivity index (χ1n) is 7.44. The van der Waals surface area contributed by atoms with E-state index in [1.807, 2.05) is 30.5 Å². The average Bonchev–Trinajstić information content (AvgIpc) is 3.22. The SMILES string of the molecule is COc1ccc2c(CCNC(=S)NCc3ccco3)c[nH]c2c1. The molecule has 0 saturated heterocycles. The second kappa shape index (κ2) is 7.19. The zero-order valence-corrected chi connectivity index (χ0v) is 13.7. The summed E-state index contributed by atoms with van der Waals surface area (Å²) < 4.78 is 10.5. The van der Waals surface area contributed by atoms with Crippen LogP contribution < -0.4 is 15.4 Å². The average molecular weight is 329 g/mol. The van der Waals surface area contributed by atoms with Crippen LogP contribution in [0.5, 0.6) is 5.75 Å². The third-order valence-electron chi connectivity index (χ3n) is 3.66. The number of thiocarbonyl (C=S) groups is 1. The van der Waals surface area contributed by atoms with Crippen molar-refractivity contribution in [1.29, 1.82) is 0 Å². The molecule has 3 rings (SSSR count). The Kier molecular flexibility index (Phi) is 4.83. The summed E-state index contributed by atoms with van der Waals surface area (Å²) in [6.45, 7) is 1.36. The zero-order chi connectivity index (χ0) is 16.1. The number of benzene rings is 1. The van der Waals surface area contributed by atoms with Gasteiger partial charge in [0.2, 0.25) is 0 Å². The van der Waals surface area contributed by atoms with Gasteiger partial charge in [0.15, 0.2) is 5.11 Å². The monoisotopic (exact) mass is 329 g/mol. The van der Waals surface area contributed by atoms with Gasteiger partial charge in [0.1, 0.15) is 11.5 Å². The van der Waals surface area contributed by atoms with Crippen molar-refractivity contribution >= 4 is 28.2 Å². The lowest BCUT2D eigenvalue weighted by molar-refractivity contribution is 0.415. The molecule has 3 aromatic rings. The van der Waals surface area contributed by atoms with Crippen LogP contribution in [0, 0.1) is 0 Å². The molecule has 0 radical (unpaired) electrons. The van der Waals surface area contributed by atoms with E-state index in [0.717, 1.165) is 30.0 Å².